The van der Waals surface area contributed by atoms with Gasteiger partial charge >= 0.3 is 5.97 Å². The number of nitrogens with zero attached hydrogens (tertiary/aromatic N) is 3. The molecular formula is C24H29N5O8. The van der Waals surface area contributed by atoms with E-state index >= 15 is 0 Å². The Morgan fingerprint density at radius 1 is 1.16 bits per heavy atom. The second kappa shape index (κ2) is 11.6. The summed E-state index contributed by atoms with van der Waals surface area (Å²) in [6.07, 6.45) is 0.247. The van der Waals surface area contributed by atoms with Gasteiger partial charge in [-0.05, 0) is 43.5 Å². The lowest BCUT2D eigenvalue weighted by Crippen LogP contribution is -2.64. The van der Waals surface area contributed by atoms with Crippen molar-refractivity contribution in [1.29, 1.82) is 0 Å². The highest BCUT2D eigenvalue weighted by Crippen LogP contribution is 2.25. The van der Waals surface area contributed by atoms with Crippen molar-refractivity contribution in [2.24, 2.45) is 0 Å². The molecule has 3 unspecified atom stereocenters. The summed E-state index contributed by atoms with van der Waals surface area (Å²) in [7, 11) is 1.59. The molecule has 2 aliphatic heterocycles. The van der Waals surface area contributed by atoms with Crippen molar-refractivity contribution in [2.45, 2.75) is 57.2 Å². The van der Waals surface area contributed by atoms with E-state index in [0.717, 1.165) is 5.01 Å². The smallest absolute Gasteiger partial charge is 0.305 e. The molecule has 1 aromatic carbocycles. The Bertz CT molecular complexity index is 1100. The Morgan fingerprint density at radius 2 is 1.84 bits per heavy atom. The van der Waals surface area contributed by atoms with Crippen molar-refractivity contribution >= 4 is 47.5 Å². The highest BCUT2D eigenvalue weighted by atomic mass is 16.4. The SMILES string of the molecule is CC(=O)N(C)c1ccc(C(=O)NC2CCC(=O)N3CCCC(C(=O)NC(C=O)CC(=O)O)N3C2=O)cc1. The van der Waals surface area contributed by atoms with Crippen molar-refractivity contribution in [2.75, 3.05) is 18.5 Å². The van der Waals surface area contributed by atoms with E-state index in [-0.39, 0.29) is 37.3 Å². The zero-order valence-corrected chi connectivity index (χ0v) is 20.5. The predicted molar refractivity (Wildman–Crippen MR) is 128 cm³/mol. The number of fused-ring (bicyclic) bond motifs is 1. The molecule has 3 N–H and O–H groups in total. The van der Waals surface area contributed by atoms with Gasteiger partial charge in [0.15, 0.2) is 0 Å². The van der Waals surface area contributed by atoms with Crippen LogP contribution in [0.3, 0.4) is 0 Å². The van der Waals surface area contributed by atoms with Crippen LogP contribution in [0.4, 0.5) is 5.69 Å². The number of amides is 5. The molecule has 0 aliphatic carbocycles. The monoisotopic (exact) mass is 515 g/mol. The largest absolute Gasteiger partial charge is 0.481 e. The Kier molecular flexibility index (Phi) is 8.58. The molecule has 0 spiro atoms. The summed E-state index contributed by atoms with van der Waals surface area (Å²) in [5.41, 5.74) is 0.811. The Hall–Kier alpha value is -4.29. The van der Waals surface area contributed by atoms with E-state index in [1.165, 1.54) is 29.0 Å². The summed E-state index contributed by atoms with van der Waals surface area (Å²) in [6, 6.07) is 2.63. The van der Waals surface area contributed by atoms with Crippen LogP contribution in [-0.2, 0) is 28.8 Å². The number of aldehydes is 1. The first-order chi connectivity index (χ1) is 17.5. The van der Waals surface area contributed by atoms with Crippen molar-refractivity contribution in [3.8, 4) is 0 Å². The van der Waals surface area contributed by atoms with Gasteiger partial charge in [0.1, 0.15) is 18.4 Å². The van der Waals surface area contributed by atoms with Gasteiger partial charge in [0, 0.05) is 38.2 Å². The molecule has 3 atom stereocenters. The van der Waals surface area contributed by atoms with E-state index in [1.54, 1.807) is 19.2 Å². The molecule has 0 saturated carbocycles. The number of carboxylic acids is 1. The predicted octanol–water partition coefficient (Wildman–Crippen LogP) is -0.545. The second-order valence-corrected chi connectivity index (χ2v) is 8.90. The van der Waals surface area contributed by atoms with Crippen molar-refractivity contribution in [3.05, 3.63) is 29.8 Å². The minimum atomic E-state index is -1.29. The van der Waals surface area contributed by atoms with Crippen LogP contribution in [0.15, 0.2) is 24.3 Å². The number of aliphatic carboxylic acids is 1. The topological polar surface area (TPSA) is 173 Å². The highest BCUT2D eigenvalue weighted by molar-refractivity contribution is 6.00. The van der Waals surface area contributed by atoms with E-state index in [2.05, 4.69) is 10.6 Å². The third-order valence-electron chi connectivity index (χ3n) is 6.35. The zero-order chi connectivity index (χ0) is 27.3. The zero-order valence-electron chi connectivity index (χ0n) is 20.5. The second-order valence-electron chi connectivity index (χ2n) is 8.90. The Labute approximate surface area is 212 Å². The fraction of sp³-hybridized carbons (Fsp3) is 0.458. The molecule has 198 valence electrons. The number of hydrogen-bond donors (Lipinski definition) is 3. The fourth-order valence-corrected chi connectivity index (χ4v) is 4.27. The van der Waals surface area contributed by atoms with Crippen molar-refractivity contribution in [3.63, 3.8) is 0 Å². The third kappa shape index (κ3) is 6.29. The number of rotatable bonds is 8. The number of hydrogen-bond acceptors (Lipinski definition) is 7. The number of carbonyl (C=O) groups excluding carboxylic acids is 6. The maximum atomic E-state index is 13.5. The van der Waals surface area contributed by atoms with Crippen LogP contribution < -0.4 is 15.5 Å². The van der Waals surface area contributed by atoms with Gasteiger partial charge in [-0.1, -0.05) is 0 Å². The van der Waals surface area contributed by atoms with Gasteiger partial charge in [-0.2, -0.15) is 0 Å². The van der Waals surface area contributed by atoms with Gasteiger partial charge in [-0.15, -0.1) is 0 Å². The van der Waals surface area contributed by atoms with Crippen LogP contribution in [0.1, 0.15) is 49.4 Å². The summed E-state index contributed by atoms with van der Waals surface area (Å²) >= 11 is 0. The molecule has 2 fully saturated rings. The molecule has 2 saturated heterocycles. The standard InChI is InChI=1S/C24H29N5O8/c1-14(31)27(2)17-7-5-15(6-8-17)22(35)26-18-9-10-20(32)28-11-3-4-19(29(28)24(18)37)23(36)25-16(13-30)12-21(33)34/h5-8,13,16,18-19H,3-4,9-12H2,1-2H3,(H,25,36)(H,26,35)(H,33,34). The molecule has 0 bridgehead atoms. The molecule has 3 rings (SSSR count). The molecule has 2 heterocycles. The number of anilines is 1. The van der Waals surface area contributed by atoms with E-state index < -0.39 is 54.1 Å². The summed E-state index contributed by atoms with van der Waals surface area (Å²) in [6.45, 7) is 1.61. The van der Waals surface area contributed by atoms with E-state index in [4.69, 9.17) is 5.11 Å². The fourth-order valence-electron chi connectivity index (χ4n) is 4.27. The van der Waals surface area contributed by atoms with Crippen LogP contribution in [0.5, 0.6) is 0 Å². The number of benzene rings is 1. The minimum Gasteiger partial charge on any atom is -0.481 e. The van der Waals surface area contributed by atoms with E-state index in [0.29, 0.717) is 18.4 Å². The lowest BCUT2D eigenvalue weighted by atomic mass is 10.0. The van der Waals surface area contributed by atoms with Crippen LogP contribution >= 0.6 is 0 Å². The highest BCUT2D eigenvalue weighted by Gasteiger charge is 2.45. The van der Waals surface area contributed by atoms with Crippen LogP contribution in [0.25, 0.3) is 0 Å². The molecule has 2 aliphatic rings. The number of carbonyl (C=O) groups is 7. The van der Waals surface area contributed by atoms with Crippen molar-refractivity contribution in [1.82, 2.24) is 20.7 Å². The van der Waals surface area contributed by atoms with Gasteiger partial charge in [0.25, 0.3) is 11.8 Å². The van der Waals surface area contributed by atoms with Gasteiger partial charge in [0.05, 0.1) is 12.5 Å². The van der Waals surface area contributed by atoms with Crippen LogP contribution in [0, 0.1) is 0 Å². The summed E-state index contributed by atoms with van der Waals surface area (Å²) in [5.74, 6) is -3.85. The Balaban J connectivity index is 1.78. The van der Waals surface area contributed by atoms with Gasteiger partial charge in [0.2, 0.25) is 17.7 Å². The molecule has 13 heteroatoms. The summed E-state index contributed by atoms with van der Waals surface area (Å²) < 4.78 is 0. The molecule has 1 aromatic rings. The van der Waals surface area contributed by atoms with Gasteiger partial charge in [-0.25, -0.2) is 5.01 Å². The minimum absolute atomic E-state index is 0.0197. The lowest BCUT2D eigenvalue weighted by molar-refractivity contribution is -0.176. The van der Waals surface area contributed by atoms with Crippen LogP contribution in [-0.4, -0.2) is 88.6 Å². The Morgan fingerprint density at radius 3 is 2.43 bits per heavy atom. The quantitative estimate of drug-likeness (QED) is 0.387. The average molecular weight is 516 g/mol. The molecule has 13 nitrogen and oxygen atoms in total. The maximum Gasteiger partial charge on any atom is 0.305 e. The first-order valence-electron chi connectivity index (χ1n) is 11.8. The molecule has 5 amide bonds. The summed E-state index contributed by atoms with van der Waals surface area (Å²) in [4.78, 5) is 87.2. The number of nitrogens with one attached hydrogen (secondary N) is 2. The lowest BCUT2D eigenvalue weighted by Gasteiger charge is -2.43. The van der Waals surface area contributed by atoms with Crippen LogP contribution in [0.2, 0.25) is 0 Å². The number of hydrazine groups is 1. The van der Waals surface area contributed by atoms with E-state index in [1.807, 2.05) is 0 Å². The normalized spacial score (nSPS) is 20.3. The molecule has 0 radical (unpaired) electrons. The summed E-state index contributed by atoms with van der Waals surface area (Å²) in [5, 5.41) is 16.1. The van der Waals surface area contributed by atoms with E-state index in [9.17, 15) is 33.6 Å². The maximum absolute atomic E-state index is 13.5. The molecule has 37 heavy (non-hydrogen) atoms. The first-order valence-corrected chi connectivity index (χ1v) is 11.8. The first kappa shape index (κ1) is 27.3. The third-order valence-corrected chi connectivity index (χ3v) is 6.35. The van der Waals surface area contributed by atoms with Crippen molar-refractivity contribution < 1.29 is 38.7 Å². The average Bonchev–Trinajstić information content (AvgIpc) is 2.99. The molecule has 0 aromatic heterocycles. The van der Waals surface area contributed by atoms with Gasteiger partial charge in [-0.3, -0.25) is 33.8 Å². The molecular weight excluding hydrogens is 486 g/mol. The van der Waals surface area contributed by atoms with Gasteiger partial charge < -0.3 is 25.4 Å². The number of carboxylic acid groups (broad SMARTS) is 1.